The van der Waals surface area contributed by atoms with Crippen molar-refractivity contribution in [2.24, 2.45) is 0 Å². The van der Waals surface area contributed by atoms with Crippen molar-refractivity contribution >= 4 is 32.9 Å². The van der Waals surface area contributed by atoms with Crippen LogP contribution in [0.4, 0.5) is 0 Å². The van der Waals surface area contributed by atoms with Crippen LogP contribution in [0.3, 0.4) is 0 Å². The highest BCUT2D eigenvalue weighted by Gasteiger charge is 2.22. The lowest BCUT2D eigenvalue weighted by molar-refractivity contribution is 0.634. The van der Waals surface area contributed by atoms with Crippen molar-refractivity contribution in [3.63, 3.8) is 0 Å². The van der Waals surface area contributed by atoms with Gasteiger partial charge in [0.2, 0.25) is 0 Å². The molecule has 0 aliphatic carbocycles. The quantitative estimate of drug-likeness (QED) is 0.591. The largest absolute Gasteiger partial charge is 0.312 e. The van der Waals surface area contributed by atoms with Crippen LogP contribution in [0, 0.1) is 0 Å². The first-order chi connectivity index (χ1) is 11.9. The van der Waals surface area contributed by atoms with Crippen LogP contribution >= 0.6 is 22.7 Å². The summed E-state index contributed by atoms with van der Waals surface area (Å²) >= 11 is 3.35. The summed E-state index contributed by atoms with van der Waals surface area (Å²) in [6.45, 7) is 1.84. The highest BCUT2D eigenvalue weighted by Crippen LogP contribution is 2.39. The van der Waals surface area contributed by atoms with Crippen molar-refractivity contribution in [1.82, 2.24) is 20.5 Å². The summed E-state index contributed by atoms with van der Waals surface area (Å²) in [6, 6.07) is 12.4. The Labute approximate surface area is 147 Å². The topological polar surface area (TPSA) is 50.7 Å². The van der Waals surface area contributed by atoms with Gasteiger partial charge in [-0.1, -0.05) is 41.7 Å². The summed E-state index contributed by atoms with van der Waals surface area (Å²) < 4.78 is 0. The molecule has 4 nitrogen and oxygen atoms in total. The summed E-state index contributed by atoms with van der Waals surface area (Å²) in [4.78, 5) is 5.96. The van der Waals surface area contributed by atoms with Crippen molar-refractivity contribution in [2.45, 2.75) is 13.0 Å². The Morgan fingerprint density at radius 2 is 1.88 bits per heavy atom. The van der Waals surface area contributed by atoms with Gasteiger partial charge >= 0.3 is 0 Å². The number of aromatic nitrogens is 3. The molecule has 5 rings (SSSR count). The van der Waals surface area contributed by atoms with Gasteiger partial charge in [0, 0.05) is 41.7 Å². The molecule has 3 aromatic heterocycles. The average Bonchev–Trinajstić information content (AvgIpc) is 3.30. The van der Waals surface area contributed by atoms with E-state index in [4.69, 9.17) is 4.98 Å². The molecule has 0 saturated heterocycles. The maximum Gasteiger partial charge on any atom is 0.149 e. The second-order valence-corrected chi connectivity index (χ2v) is 7.63. The van der Waals surface area contributed by atoms with Gasteiger partial charge in [0.15, 0.2) is 0 Å². The van der Waals surface area contributed by atoms with E-state index in [0.717, 1.165) is 39.9 Å². The van der Waals surface area contributed by atoms with Crippen LogP contribution in [-0.4, -0.2) is 21.7 Å². The van der Waals surface area contributed by atoms with Gasteiger partial charge in [-0.3, -0.25) is 0 Å². The van der Waals surface area contributed by atoms with Crippen LogP contribution in [0.2, 0.25) is 0 Å². The molecule has 4 heterocycles. The van der Waals surface area contributed by atoms with Gasteiger partial charge in [-0.2, -0.15) is 0 Å². The van der Waals surface area contributed by atoms with Crippen molar-refractivity contribution < 1.29 is 0 Å². The van der Waals surface area contributed by atoms with Crippen molar-refractivity contribution in [3.05, 3.63) is 53.0 Å². The van der Waals surface area contributed by atoms with Gasteiger partial charge in [0.1, 0.15) is 14.8 Å². The van der Waals surface area contributed by atoms with E-state index in [1.54, 1.807) is 22.7 Å². The zero-order chi connectivity index (χ0) is 15.9. The Morgan fingerprint density at radius 3 is 2.79 bits per heavy atom. The Hall–Kier alpha value is -2.15. The molecule has 1 aromatic carbocycles. The number of thiophene rings is 1. The summed E-state index contributed by atoms with van der Waals surface area (Å²) in [5, 5.41) is 17.7. The minimum Gasteiger partial charge on any atom is -0.312 e. The number of hydrogen-bond acceptors (Lipinski definition) is 6. The van der Waals surface area contributed by atoms with Crippen LogP contribution in [-0.2, 0) is 13.0 Å². The number of nitrogens with one attached hydrogen (secondary N) is 1. The smallest absolute Gasteiger partial charge is 0.149 e. The van der Waals surface area contributed by atoms with Crippen LogP contribution < -0.4 is 5.32 Å². The fourth-order valence-corrected chi connectivity index (χ4v) is 4.89. The molecule has 0 fully saturated rings. The van der Waals surface area contributed by atoms with Gasteiger partial charge in [-0.05, 0) is 17.0 Å². The molecule has 1 N–H and O–H groups in total. The van der Waals surface area contributed by atoms with Crippen LogP contribution in [0.1, 0.15) is 11.3 Å². The first-order valence-electron chi connectivity index (χ1n) is 7.89. The predicted molar refractivity (Wildman–Crippen MR) is 99.4 cm³/mol. The molecule has 1 aliphatic rings. The van der Waals surface area contributed by atoms with E-state index in [1.807, 2.05) is 18.2 Å². The number of rotatable bonds is 2. The van der Waals surface area contributed by atoms with Gasteiger partial charge < -0.3 is 5.32 Å². The second-order valence-electron chi connectivity index (χ2n) is 5.76. The zero-order valence-corrected chi connectivity index (χ0v) is 14.5. The Bertz CT molecular complexity index is 1020. The van der Waals surface area contributed by atoms with E-state index in [9.17, 15) is 0 Å². The first kappa shape index (κ1) is 14.2. The van der Waals surface area contributed by atoms with Gasteiger partial charge in [-0.25, -0.2) is 4.98 Å². The molecule has 118 valence electrons. The third kappa shape index (κ3) is 2.26. The van der Waals surface area contributed by atoms with E-state index in [2.05, 4.69) is 39.1 Å². The first-order valence-corrected chi connectivity index (χ1v) is 9.59. The summed E-state index contributed by atoms with van der Waals surface area (Å²) in [7, 11) is 0. The number of fused-ring (bicyclic) bond motifs is 2. The Kier molecular flexibility index (Phi) is 3.40. The summed E-state index contributed by atoms with van der Waals surface area (Å²) in [6.07, 6.45) is 0.973. The van der Waals surface area contributed by atoms with E-state index in [0.29, 0.717) is 0 Å². The van der Waals surface area contributed by atoms with E-state index >= 15 is 0 Å². The normalized spacial score (nSPS) is 14.0. The lowest BCUT2D eigenvalue weighted by Gasteiger charge is -2.19. The molecular formula is C18H14N4S2. The fraction of sp³-hybridized carbons (Fsp3) is 0.167. The Morgan fingerprint density at radius 1 is 1.00 bits per heavy atom. The van der Waals surface area contributed by atoms with Gasteiger partial charge in [0.25, 0.3) is 0 Å². The van der Waals surface area contributed by atoms with E-state index in [-0.39, 0.29) is 0 Å². The number of pyridine rings is 1. The molecule has 0 unspecified atom stereocenters. The van der Waals surface area contributed by atoms with Crippen molar-refractivity contribution in [1.29, 1.82) is 0 Å². The molecule has 1 aliphatic heterocycles. The lowest BCUT2D eigenvalue weighted by Crippen LogP contribution is -2.25. The monoisotopic (exact) mass is 350 g/mol. The van der Waals surface area contributed by atoms with Gasteiger partial charge in [0.05, 0.1) is 0 Å². The number of nitrogens with zero attached hydrogens (tertiary/aromatic N) is 3. The van der Waals surface area contributed by atoms with Crippen molar-refractivity contribution in [3.8, 4) is 21.1 Å². The molecular weight excluding hydrogens is 336 g/mol. The zero-order valence-electron chi connectivity index (χ0n) is 12.8. The maximum atomic E-state index is 4.86. The van der Waals surface area contributed by atoms with E-state index in [1.165, 1.54) is 22.2 Å². The fourth-order valence-electron chi connectivity index (χ4n) is 3.16. The molecule has 4 aromatic rings. The maximum absolute atomic E-state index is 4.86. The molecule has 0 atom stereocenters. The highest BCUT2D eigenvalue weighted by atomic mass is 32.1. The second kappa shape index (κ2) is 5.73. The van der Waals surface area contributed by atoms with Crippen LogP contribution in [0.25, 0.3) is 31.4 Å². The number of benzene rings is 1. The molecule has 0 saturated carbocycles. The van der Waals surface area contributed by atoms with Crippen molar-refractivity contribution in [2.75, 3.05) is 6.54 Å². The molecule has 0 spiro atoms. The predicted octanol–water partition coefficient (Wildman–Crippen LogP) is 4.13. The minimum absolute atomic E-state index is 0.851. The molecule has 6 heteroatoms. The lowest BCUT2D eigenvalue weighted by atomic mass is 9.99. The van der Waals surface area contributed by atoms with Crippen LogP contribution in [0.5, 0.6) is 0 Å². The summed E-state index contributed by atoms with van der Waals surface area (Å²) in [5.74, 6) is 0. The molecule has 0 amide bonds. The van der Waals surface area contributed by atoms with Gasteiger partial charge in [-0.15, -0.1) is 21.5 Å². The SMILES string of the molecule is c1ccc(-c2nnc(-c3c4c(nc5sccc35)CCNC4)s2)cc1. The molecule has 0 bridgehead atoms. The standard InChI is InChI=1S/C18H14N4S2/c1-2-4-11(5-3-1)16-21-22-18(24-16)15-12-7-9-23-17(12)20-14-6-8-19-10-13(14)15/h1-5,7,9,19H,6,8,10H2. The minimum atomic E-state index is 0.851. The third-order valence-corrected chi connectivity index (χ3v) is 6.10. The van der Waals surface area contributed by atoms with E-state index < -0.39 is 0 Å². The Balaban J connectivity index is 1.72. The average molecular weight is 350 g/mol. The highest BCUT2D eigenvalue weighted by molar-refractivity contribution is 7.18. The molecule has 24 heavy (non-hydrogen) atoms. The summed E-state index contributed by atoms with van der Waals surface area (Å²) in [5.41, 5.74) is 4.81. The van der Waals surface area contributed by atoms with Crippen LogP contribution in [0.15, 0.2) is 41.8 Å². The number of hydrogen-bond donors (Lipinski definition) is 1. The third-order valence-electron chi connectivity index (χ3n) is 4.30. The molecule has 0 radical (unpaired) electrons.